The molecule has 0 aromatic carbocycles. The monoisotopic (exact) mass is 155 g/mol. The van der Waals surface area contributed by atoms with E-state index in [2.05, 4.69) is 20.3 Å². The van der Waals surface area contributed by atoms with Crippen molar-refractivity contribution in [2.75, 3.05) is 0 Å². The molecule has 0 aliphatic heterocycles. The highest BCUT2D eigenvalue weighted by atomic mass is 35.5. The maximum Gasteiger partial charge on any atom is 0.199 e. The van der Waals surface area contributed by atoms with Crippen molar-refractivity contribution in [3.8, 4) is 0 Å². The zero-order valence-electron chi connectivity index (χ0n) is 4.77. The second kappa shape index (κ2) is 1.88. The molecule has 0 bridgehead atoms. The molecule has 50 valence electrons. The third-order valence-electron chi connectivity index (χ3n) is 1.08. The first-order valence-electron chi connectivity index (χ1n) is 2.55. The van der Waals surface area contributed by atoms with E-state index in [1.54, 1.807) is 6.20 Å². The van der Waals surface area contributed by atoms with Crippen LogP contribution in [-0.4, -0.2) is 24.5 Å². The zero-order chi connectivity index (χ0) is 6.97. The number of hydrogen-bond acceptors (Lipinski definition) is 4. The molecule has 0 saturated heterocycles. The van der Waals surface area contributed by atoms with Gasteiger partial charge in [-0.2, -0.15) is 0 Å². The average molecular weight is 156 g/mol. The highest BCUT2D eigenvalue weighted by Crippen LogP contribution is 2.04. The van der Waals surface area contributed by atoms with E-state index >= 15 is 0 Å². The van der Waals surface area contributed by atoms with Crippen molar-refractivity contribution in [2.24, 2.45) is 0 Å². The Morgan fingerprint density at radius 2 is 2.40 bits per heavy atom. The van der Waals surface area contributed by atoms with E-state index in [-0.39, 0.29) is 0 Å². The lowest BCUT2D eigenvalue weighted by atomic mass is 10.6. The van der Waals surface area contributed by atoms with E-state index in [9.17, 15) is 0 Å². The Kier molecular flexibility index (Phi) is 1.04. The van der Waals surface area contributed by atoms with E-state index in [4.69, 9.17) is 11.8 Å². The van der Waals surface area contributed by atoms with Crippen molar-refractivity contribution < 1.29 is 0 Å². The number of rotatable bonds is 0. The molecule has 6 heteroatoms. The molecule has 2 aromatic heterocycles. The Bertz CT molecular complexity index is 355. The lowest BCUT2D eigenvalue weighted by Gasteiger charge is -1.83. The summed E-state index contributed by atoms with van der Waals surface area (Å²) in [5.41, 5.74) is 1.12. The lowest BCUT2D eigenvalue weighted by Crippen LogP contribution is -1.84. The van der Waals surface area contributed by atoms with Crippen molar-refractivity contribution in [1.82, 2.24) is 24.5 Å². The highest BCUT2D eigenvalue weighted by molar-refractivity contribution is 6.17. The van der Waals surface area contributed by atoms with Gasteiger partial charge >= 0.3 is 0 Å². The minimum Gasteiger partial charge on any atom is -0.242 e. The van der Waals surface area contributed by atoms with Gasteiger partial charge in [-0.25, -0.2) is 9.97 Å². The van der Waals surface area contributed by atoms with Crippen LogP contribution in [0.25, 0.3) is 11.2 Å². The van der Waals surface area contributed by atoms with E-state index in [1.807, 2.05) is 0 Å². The predicted molar refractivity (Wildman–Crippen MR) is 34.4 cm³/mol. The van der Waals surface area contributed by atoms with Gasteiger partial charge < -0.3 is 0 Å². The third-order valence-corrected chi connectivity index (χ3v) is 1.31. The Morgan fingerprint density at radius 3 is 3.20 bits per heavy atom. The molecule has 0 fully saturated rings. The Labute approximate surface area is 60.8 Å². The van der Waals surface area contributed by atoms with Crippen LogP contribution < -0.4 is 0 Å². The summed E-state index contributed by atoms with van der Waals surface area (Å²) in [5, 5.41) is 7.20. The molecule has 0 N–H and O–H groups in total. The molecular weight excluding hydrogens is 154 g/mol. The maximum absolute atomic E-state index is 5.53. The first kappa shape index (κ1) is 5.55. The van der Waals surface area contributed by atoms with Crippen LogP contribution in [0.3, 0.4) is 0 Å². The summed E-state index contributed by atoms with van der Waals surface area (Å²) in [4.78, 5) is 7.58. The molecule has 0 radical (unpaired) electrons. The first-order chi connectivity index (χ1) is 4.88. The van der Waals surface area contributed by atoms with Crippen molar-refractivity contribution in [3.63, 3.8) is 0 Å². The average Bonchev–Trinajstić information content (AvgIpc) is 2.34. The van der Waals surface area contributed by atoms with Crippen LogP contribution in [0.2, 0.25) is 0 Å². The standard InChI is InChI=1S/C4H2ClN5/c5-10-4-3(8-9-10)1-6-2-7-4/h1-2H. The largest absolute Gasteiger partial charge is 0.242 e. The fourth-order valence-electron chi connectivity index (χ4n) is 0.658. The number of aromatic nitrogens is 5. The first-order valence-corrected chi connectivity index (χ1v) is 2.89. The van der Waals surface area contributed by atoms with Crippen molar-refractivity contribution in [3.05, 3.63) is 12.5 Å². The minimum atomic E-state index is 0.525. The van der Waals surface area contributed by atoms with Gasteiger partial charge in [0.15, 0.2) is 11.2 Å². The van der Waals surface area contributed by atoms with E-state index in [1.165, 1.54) is 6.33 Å². The second-order valence-electron chi connectivity index (χ2n) is 1.68. The smallest absolute Gasteiger partial charge is 0.199 e. The molecule has 5 nitrogen and oxygen atoms in total. The van der Waals surface area contributed by atoms with Gasteiger partial charge in [-0.1, -0.05) is 0 Å². The van der Waals surface area contributed by atoms with Crippen LogP contribution in [0, 0.1) is 0 Å². The van der Waals surface area contributed by atoms with Gasteiger partial charge in [-0.3, -0.25) is 0 Å². The van der Waals surface area contributed by atoms with Crippen LogP contribution in [0.1, 0.15) is 0 Å². The lowest BCUT2D eigenvalue weighted by molar-refractivity contribution is 0.893. The minimum absolute atomic E-state index is 0.525. The van der Waals surface area contributed by atoms with Crippen molar-refractivity contribution >= 4 is 22.9 Å². The number of hydrogen-bond donors (Lipinski definition) is 0. The quantitative estimate of drug-likeness (QED) is 0.546. The highest BCUT2D eigenvalue weighted by Gasteiger charge is 2.00. The van der Waals surface area contributed by atoms with Crippen LogP contribution in [0.15, 0.2) is 12.5 Å². The molecule has 2 heterocycles. The second-order valence-corrected chi connectivity index (χ2v) is 2.00. The van der Waals surface area contributed by atoms with Gasteiger partial charge in [-0.15, -0.1) is 9.30 Å². The molecule has 0 amide bonds. The van der Waals surface area contributed by atoms with E-state index in [0.29, 0.717) is 11.2 Å². The summed E-state index contributed by atoms with van der Waals surface area (Å²) in [6.45, 7) is 0. The van der Waals surface area contributed by atoms with E-state index < -0.39 is 0 Å². The summed E-state index contributed by atoms with van der Waals surface area (Å²) < 4.78 is 1.08. The fraction of sp³-hybridized carbons (Fsp3) is 0. The molecular formula is C4H2ClN5. The molecule has 0 spiro atoms. The van der Waals surface area contributed by atoms with Gasteiger partial charge in [0.05, 0.1) is 6.20 Å². The number of halogens is 1. The third kappa shape index (κ3) is 0.640. The van der Waals surface area contributed by atoms with Crippen molar-refractivity contribution in [1.29, 1.82) is 0 Å². The Balaban J connectivity index is 2.93. The normalized spacial score (nSPS) is 10.5. The van der Waals surface area contributed by atoms with Crippen LogP contribution >= 0.6 is 11.8 Å². The maximum atomic E-state index is 5.53. The summed E-state index contributed by atoms with van der Waals surface area (Å²) >= 11 is 5.53. The number of fused-ring (bicyclic) bond motifs is 1. The van der Waals surface area contributed by atoms with Crippen LogP contribution in [0.5, 0.6) is 0 Å². The SMILES string of the molecule is Cln1nnc2cncnc21. The van der Waals surface area contributed by atoms with Crippen LogP contribution in [-0.2, 0) is 0 Å². The summed E-state index contributed by atoms with van der Waals surface area (Å²) in [6, 6.07) is 0. The topological polar surface area (TPSA) is 56.5 Å². The molecule has 0 saturated carbocycles. The molecule has 0 atom stereocenters. The molecule has 10 heavy (non-hydrogen) atoms. The molecule has 2 aromatic rings. The summed E-state index contributed by atoms with van der Waals surface area (Å²) in [6.07, 6.45) is 2.94. The van der Waals surface area contributed by atoms with Gasteiger partial charge in [0.25, 0.3) is 0 Å². The Morgan fingerprint density at radius 1 is 1.50 bits per heavy atom. The molecule has 2 rings (SSSR count). The molecule has 0 aliphatic rings. The van der Waals surface area contributed by atoms with Crippen molar-refractivity contribution in [2.45, 2.75) is 0 Å². The predicted octanol–water partition coefficient (Wildman–Crippen LogP) is 0.223. The summed E-state index contributed by atoms with van der Waals surface area (Å²) in [5.74, 6) is 0. The molecule has 0 aliphatic carbocycles. The van der Waals surface area contributed by atoms with Gasteiger partial charge in [0.1, 0.15) is 6.33 Å². The van der Waals surface area contributed by atoms with Gasteiger partial charge in [0, 0.05) is 11.8 Å². The van der Waals surface area contributed by atoms with Gasteiger partial charge in [0.2, 0.25) is 0 Å². The molecule has 0 unspecified atom stereocenters. The fourth-order valence-corrected chi connectivity index (χ4v) is 0.822. The number of nitrogens with zero attached hydrogens (tertiary/aromatic N) is 5. The van der Waals surface area contributed by atoms with Gasteiger partial charge in [-0.05, 0) is 5.21 Å². The summed E-state index contributed by atoms with van der Waals surface area (Å²) in [7, 11) is 0. The van der Waals surface area contributed by atoms with Crippen LogP contribution in [0.4, 0.5) is 0 Å². The Hall–Kier alpha value is -1.23. The zero-order valence-corrected chi connectivity index (χ0v) is 5.52. The van der Waals surface area contributed by atoms with E-state index in [0.717, 1.165) is 4.20 Å².